The molecule has 21 heavy (non-hydrogen) atoms. The van der Waals surface area contributed by atoms with E-state index < -0.39 is 11.8 Å². The Hall–Kier alpha value is -1.42. The van der Waals surface area contributed by atoms with Crippen LogP contribution in [0.5, 0.6) is 0 Å². The Bertz CT molecular complexity index is 528. The van der Waals surface area contributed by atoms with Gasteiger partial charge in [-0.3, -0.25) is 4.90 Å². The van der Waals surface area contributed by atoms with Gasteiger partial charge < -0.3 is 5.11 Å². The Balaban J connectivity index is 1.60. The number of piperidine rings is 1. The molecule has 1 aromatic carbocycles. The molecule has 0 atom stereocenters. The van der Waals surface area contributed by atoms with E-state index in [0.29, 0.717) is 12.0 Å². The van der Waals surface area contributed by atoms with Crippen molar-refractivity contribution in [1.82, 2.24) is 4.90 Å². The topological polar surface area (TPSA) is 40.5 Å². The van der Waals surface area contributed by atoms with Crippen LogP contribution in [0.1, 0.15) is 54.4 Å². The normalized spacial score (nSPS) is 21.8. The summed E-state index contributed by atoms with van der Waals surface area (Å²) < 4.78 is 13.7. The molecule has 2 aliphatic rings. The second-order valence-corrected chi connectivity index (χ2v) is 6.60. The maximum absolute atomic E-state index is 13.7. The largest absolute Gasteiger partial charge is 0.478 e. The van der Waals surface area contributed by atoms with Crippen molar-refractivity contribution in [3.8, 4) is 0 Å². The molecule has 1 aromatic rings. The van der Waals surface area contributed by atoms with Crippen LogP contribution in [0.25, 0.3) is 0 Å². The highest BCUT2D eigenvalue weighted by Gasteiger charge is 2.36. The monoisotopic (exact) mass is 291 g/mol. The van der Waals surface area contributed by atoms with Crippen molar-refractivity contribution >= 4 is 5.97 Å². The van der Waals surface area contributed by atoms with Gasteiger partial charge in [0.25, 0.3) is 0 Å². The lowest BCUT2D eigenvalue weighted by Crippen LogP contribution is -2.38. The number of carbonyl (C=O) groups is 1. The van der Waals surface area contributed by atoms with E-state index in [1.807, 2.05) is 0 Å². The maximum Gasteiger partial charge on any atom is 0.338 e. The summed E-state index contributed by atoms with van der Waals surface area (Å²) in [5.74, 6) is -1.84. The van der Waals surface area contributed by atoms with Crippen molar-refractivity contribution in [2.75, 3.05) is 13.1 Å². The summed E-state index contributed by atoms with van der Waals surface area (Å²) in [4.78, 5) is 13.2. The zero-order valence-corrected chi connectivity index (χ0v) is 12.3. The number of aromatic carboxylic acids is 1. The molecule has 1 saturated heterocycles. The number of rotatable bonds is 3. The Morgan fingerprint density at radius 1 is 1.19 bits per heavy atom. The summed E-state index contributed by atoms with van der Waals surface area (Å²) in [7, 11) is 0. The molecule has 0 radical (unpaired) electrons. The molecule has 1 aliphatic carbocycles. The number of hydrogen-bond acceptors (Lipinski definition) is 2. The molecule has 114 valence electrons. The standard InChI is InChI=1S/C17H22FNO2/c18-15-11-13(3-4-14(15)16(20)21)12-19-9-7-17(8-10-19)5-1-2-6-17/h3-4,11H,1-2,5-10,12H2,(H,20,21). The number of likely N-dealkylation sites (tertiary alicyclic amines) is 1. The number of halogens is 1. The van der Waals surface area contributed by atoms with E-state index in [0.717, 1.165) is 18.7 Å². The fraction of sp³-hybridized carbons (Fsp3) is 0.588. The van der Waals surface area contributed by atoms with Gasteiger partial charge in [-0.15, -0.1) is 0 Å². The van der Waals surface area contributed by atoms with Crippen molar-refractivity contribution in [2.24, 2.45) is 5.41 Å². The van der Waals surface area contributed by atoms with Crippen LogP contribution in [-0.2, 0) is 6.54 Å². The van der Waals surface area contributed by atoms with Gasteiger partial charge in [0.05, 0.1) is 5.56 Å². The second-order valence-electron chi connectivity index (χ2n) is 6.60. The Labute approximate surface area is 124 Å². The SMILES string of the molecule is O=C(O)c1ccc(CN2CCC3(CCCC3)CC2)cc1F. The minimum Gasteiger partial charge on any atom is -0.478 e. The van der Waals surface area contributed by atoms with Crippen molar-refractivity contribution in [3.63, 3.8) is 0 Å². The molecule has 0 unspecified atom stereocenters. The van der Waals surface area contributed by atoms with Crippen LogP contribution in [0.3, 0.4) is 0 Å². The molecule has 2 fully saturated rings. The summed E-state index contributed by atoms with van der Waals surface area (Å²) in [6.07, 6.45) is 8.01. The first kappa shape index (κ1) is 14.5. The maximum atomic E-state index is 13.7. The molecule has 3 nitrogen and oxygen atoms in total. The second kappa shape index (κ2) is 5.76. The smallest absolute Gasteiger partial charge is 0.338 e. The lowest BCUT2D eigenvalue weighted by Gasteiger charge is -2.39. The highest BCUT2D eigenvalue weighted by atomic mass is 19.1. The first-order chi connectivity index (χ1) is 10.1. The molecular weight excluding hydrogens is 269 g/mol. The quantitative estimate of drug-likeness (QED) is 0.923. The van der Waals surface area contributed by atoms with Gasteiger partial charge in [0.1, 0.15) is 5.82 Å². The van der Waals surface area contributed by atoms with E-state index in [4.69, 9.17) is 5.11 Å². The zero-order valence-electron chi connectivity index (χ0n) is 12.3. The molecule has 1 spiro atoms. The highest BCUT2D eigenvalue weighted by molar-refractivity contribution is 5.87. The van der Waals surface area contributed by atoms with Crippen LogP contribution in [0.15, 0.2) is 18.2 Å². The van der Waals surface area contributed by atoms with E-state index in [1.54, 1.807) is 6.07 Å². The van der Waals surface area contributed by atoms with Gasteiger partial charge in [0, 0.05) is 6.54 Å². The van der Waals surface area contributed by atoms with E-state index in [-0.39, 0.29) is 5.56 Å². The third kappa shape index (κ3) is 3.10. The zero-order chi connectivity index (χ0) is 14.9. The van der Waals surface area contributed by atoms with Crippen LogP contribution in [0, 0.1) is 11.2 Å². The van der Waals surface area contributed by atoms with Crippen molar-refractivity contribution in [2.45, 2.75) is 45.1 Å². The number of carboxylic acids is 1. The Kier molecular flexibility index (Phi) is 3.98. The third-order valence-electron chi connectivity index (χ3n) is 5.25. The molecule has 4 heteroatoms. The van der Waals surface area contributed by atoms with Crippen LogP contribution in [-0.4, -0.2) is 29.1 Å². The van der Waals surface area contributed by atoms with Crippen LogP contribution >= 0.6 is 0 Å². The van der Waals surface area contributed by atoms with Crippen LogP contribution in [0.2, 0.25) is 0 Å². The van der Waals surface area contributed by atoms with Crippen LogP contribution in [0.4, 0.5) is 4.39 Å². The lowest BCUT2D eigenvalue weighted by atomic mass is 9.77. The minimum atomic E-state index is -1.21. The van der Waals surface area contributed by atoms with Crippen LogP contribution < -0.4 is 0 Å². The Morgan fingerprint density at radius 3 is 2.43 bits per heavy atom. The molecule has 1 aliphatic heterocycles. The minimum absolute atomic E-state index is 0.248. The summed E-state index contributed by atoms with van der Waals surface area (Å²) in [5, 5.41) is 8.85. The van der Waals surface area contributed by atoms with E-state index in [1.165, 1.54) is 50.7 Å². The number of carboxylic acid groups (broad SMARTS) is 1. The summed E-state index contributed by atoms with van der Waals surface area (Å²) in [6, 6.07) is 4.46. The van der Waals surface area contributed by atoms with Gasteiger partial charge in [-0.1, -0.05) is 18.9 Å². The van der Waals surface area contributed by atoms with Gasteiger partial charge in [-0.2, -0.15) is 0 Å². The molecule has 3 rings (SSSR count). The Morgan fingerprint density at radius 2 is 1.86 bits per heavy atom. The average Bonchev–Trinajstić information content (AvgIpc) is 2.90. The molecule has 1 saturated carbocycles. The van der Waals surface area contributed by atoms with Gasteiger partial charge in [0.2, 0.25) is 0 Å². The van der Waals surface area contributed by atoms with Crippen molar-refractivity contribution in [1.29, 1.82) is 0 Å². The molecule has 1 N–H and O–H groups in total. The number of benzene rings is 1. The fourth-order valence-electron chi connectivity index (χ4n) is 3.90. The van der Waals surface area contributed by atoms with E-state index in [2.05, 4.69) is 4.90 Å². The average molecular weight is 291 g/mol. The predicted octanol–water partition coefficient (Wildman–Crippen LogP) is 3.68. The molecule has 0 aromatic heterocycles. The van der Waals surface area contributed by atoms with Gasteiger partial charge in [-0.05, 0) is 61.9 Å². The van der Waals surface area contributed by atoms with Gasteiger partial charge >= 0.3 is 5.97 Å². The number of nitrogens with zero attached hydrogens (tertiary/aromatic N) is 1. The van der Waals surface area contributed by atoms with Crippen molar-refractivity contribution < 1.29 is 14.3 Å². The van der Waals surface area contributed by atoms with Gasteiger partial charge in [0.15, 0.2) is 0 Å². The molecule has 0 amide bonds. The fourth-order valence-corrected chi connectivity index (χ4v) is 3.90. The third-order valence-corrected chi connectivity index (χ3v) is 5.25. The van der Waals surface area contributed by atoms with E-state index >= 15 is 0 Å². The van der Waals surface area contributed by atoms with Crippen molar-refractivity contribution in [3.05, 3.63) is 35.1 Å². The lowest BCUT2D eigenvalue weighted by molar-refractivity contribution is 0.0691. The summed E-state index contributed by atoms with van der Waals surface area (Å²) in [5.41, 5.74) is 1.21. The summed E-state index contributed by atoms with van der Waals surface area (Å²) >= 11 is 0. The predicted molar refractivity (Wildman–Crippen MR) is 78.8 cm³/mol. The van der Waals surface area contributed by atoms with E-state index in [9.17, 15) is 9.18 Å². The molecule has 0 bridgehead atoms. The first-order valence-electron chi connectivity index (χ1n) is 7.82. The number of hydrogen-bond donors (Lipinski definition) is 1. The summed E-state index contributed by atoms with van der Waals surface area (Å²) in [6.45, 7) is 2.86. The molecular formula is C17H22FNO2. The highest BCUT2D eigenvalue weighted by Crippen LogP contribution is 2.46. The first-order valence-corrected chi connectivity index (χ1v) is 7.82. The van der Waals surface area contributed by atoms with Gasteiger partial charge in [-0.25, -0.2) is 9.18 Å². The molecule has 1 heterocycles.